The van der Waals surface area contributed by atoms with Gasteiger partial charge in [0.2, 0.25) is 0 Å². The third-order valence-electron chi connectivity index (χ3n) is 7.64. The van der Waals surface area contributed by atoms with Crippen LogP contribution in [0, 0.1) is 5.92 Å². The van der Waals surface area contributed by atoms with Crippen molar-refractivity contribution in [2.75, 3.05) is 25.5 Å². The fourth-order valence-electron chi connectivity index (χ4n) is 5.45. The number of benzene rings is 2. The molecule has 5 atom stereocenters. The minimum Gasteiger partial charge on any atom is -0.443 e. The fraction of sp³-hybridized carbons (Fsp3) is 0.536. The molecule has 40 heavy (non-hydrogen) atoms. The maximum atomic E-state index is 13.6. The number of carbonyl (C=O) groups excluding carboxylic acids is 1. The Morgan fingerprint density at radius 1 is 1.10 bits per heavy atom. The van der Waals surface area contributed by atoms with E-state index in [1.807, 2.05) is 30.3 Å². The van der Waals surface area contributed by atoms with Crippen molar-refractivity contribution in [1.82, 2.24) is 9.79 Å². The number of aliphatic hydroxyl groups excluding tert-OH is 1. The summed E-state index contributed by atoms with van der Waals surface area (Å²) < 4.78 is 44.9. The first kappa shape index (κ1) is 28.8. The summed E-state index contributed by atoms with van der Waals surface area (Å²) in [6, 6.07) is 14.4. The topological polar surface area (TPSA) is 150 Å². The lowest BCUT2D eigenvalue weighted by Gasteiger charge is -2.31. The standard InChI is InChI=1S/C28H37N3O8S/c29-20-9-6-12-22(16-20)40(34,35)31(39-21-10-4-5-11-21)17-25(32)24(15-19-7-2-1-3-8-19)30-28(33)38-26-18-37-27-23(26)13-14-36-27/h1-3,6-9,12,16,21,23-27,32H,4-5,10-11,13-15,17-18,29H2,(H,30,33)/t23-,24?,25-,26-,27+/m0/s1. The van der Waals surface area contributed by atoms with Crippen LogP contribution in [0.3, 0.4) is 0 Å². The number of carbonyl (C=O) groups is 1. The predicted molar refractivity (Wildman–Crippen MR) is 145 cm³/mol. The Morgan fingerprint density at radius 2 is 1.88 bits per heavy atom. The summed E-state index contributed by atoms with van der Waals surface area (Å²) in [7, 11) is -4.17. The number of ether oxygens (including phenoxy) is 3. The van der Waals surface area contributed by atoms with E-state index in [4.69, 9.17) is 24.8 Å². The summed E-state index contributed by atoms with van der Waals surface area (Å²) in [5.74, 6) is -0.0398. The number of anilines is 1. The van der Waals surface area contributed by atoms with Gasteiger partial charge in [-0.15, -0.1) is 0 Å². The lowest BCUT2D eigenvalue weighted by atomic mass is 10.0. The summed E-state index contributed by atoms with van der Waals surface area (Å²) in [6.45, 7) is 0.372. The van der Waals surface area contributed by atoms with Crippen molar-refractivity contribution in [2.24, 2.45) is 5.92 Å². The summed E-state index contributed by atoms with van der Waals surface area (Å²) >= 11 is 0. The number of nitrogens with two attached hydrogens (primary N) is 1. The molecule has 3 aliphatic rings. The fourth-order valence-corrected chi connectivity index (χ4v) is 6.81. The Hall–Kier alpha value is -2.74. The molecule has 2 saturated heterocycles. The molecule has 5 rings (SSSR count). The van der Waals surface area contributed by atoms with Gasteiger partial charge in [0.15, 0.2) is 6.29 Å². The van der Waals surface area contributed by atoms with Gasteiger partial charge in [0.25, 0.3) is 10.0 Å². The normalized spacial score (nSPS) is 24.6. The van der Waals surface area contributed by atoms with Crippen LogP contribution in [0.25, 0.3) is 0 Å². The van der Waals surface area contributed by atoms with Crippen LogP contribution in [0.2, 0.25) is 0 Å². The molecule has 2 heterocycles. The van der Waals surface area contributed by atoms with Crippen LogP contribution in [0.4, 0.5) is 10.5 Å². The molecule has 2 aromatic carbocycles. The van der Waals surface area contributed by atoms with Crippen molar-refractivity contribution in [3.63, 3.8) is 0 Å². The molecule has 12 heteroatoms. The number of nitrogen functional groups attached to an aromatic ring is 1. The molecule has 0 aromatic heterocycles. The number of hydrogen-bond donors (Lipinski definition) is 3. The first-order valence-electron chi connectivity index (χ1n) is 13.8. The Morgan fingerprint density at radius 3 is 2.62 bits per heavy atom. The Balaban J connectivity index is 1.34. The van der Waals surface area contributed by atoms with Gasteiger partial charge in [-0.05, 0) is 49.4 Å². The highest BCUT2D eigenvalue weighted by Crippen LogP contribution is 2.33. The smallest absolute Gasteiger partial charge is 0.407 e. The molecule has 2 aliphatic heterocycles. The van der Waals surface area contributed by atoms with E-state index in [0.717, 1.165) is 29.3 Å². The first-order valence-corrected chi connectivity index (χ1v) is 15.2. The van der Waals surface area contributed by atoms with Gasteiger partial charge in [0.1, 0.15) is 6.10 Å². The van der Waals surface area contributed by atoms with Gasteiger partial charge in [0.05, 0.1) is 48.8 Å². The van der Waals surface area contributed by atoms with Crippen molar-refractivity contribution in [3.05, 3.63) is 60.2 Å². The molecule has 1 amide bonds. The highest BCUT2D eigenvalue weighted by Gasteiger charge is 2.44. The number of hydroxylamine groups is 1. The van der Waals surface area contributed by atoms with Crippen LogP contribution in [-0.2, 0) is 35.5 Å². The van der Waals surface area contributed by atoms with Gasteiger partial charge in [0, 0.05) is 5.69 Å². The zero-order valence-electron chi connectivity index (χ0n) is 22.3. The molecule has 1 saturated carbocycles. The maximum absolute atomic E-state index is 13.6. The summed E-state index contributed by atoms with van der Waals surface area (Å²) in [5, 5.41) is 14.2. The minimum absolute atomic E-state index is 0.0398. The number of sulfonamides is 1. The predicted octanol–water partition coefficient (Wildman–Crippen LogP) is 2.59. The van der Waals surface area contributed by atoms with Gasteiger partial charge >= 0.3 is 6.09 Å². The molecule has 3 fully saturated rings. The van der Waals surface area contributed by atoms with Crippen LogP contribution >= 0.6 is 0 Å². The number of rotatable bonds is 11. The lowest BCUT2D eigenvalue weighted by Crippen LogP contribution is -2.51. The van der Waals surface area contributed by atoms with E-state index in [-0.39, 0.29) is 36.2 Å². The van der Waals surface area contributed by atoms with Crippen molar-refractivity contribution in [1.29, 1.82) is 0 Å². The van der Waals surface area contributed by atoms with E-state index in [1.54, 1.807) is 12.1 Å². The number of hydrogen-bond acceptors (Lipinski definition) is 9. The van der Waals surface area contributed by atoms with Crippen LogP contribution < -0.4 is 11.1 Å². The van der Waals surface area contributed by atoms with Gasteiger partial charge in [-0.25, -0.2) is 13.2 Å². The number of fused-ring (bicyclic) bond motifs is 1. The molecule has 11 nitrogen and oxygen atoms in total. The van der Waals surface area contributed by atoms with E-state index >= 15 is 0 Å². The molecule has 0 bridgehead atoms. The molecule has 1 unspecified atom stereocenters. The second-order valence-corrected chi connectivity index (χ2v) is 12.4. The zero-order valence-corrected chi connectivity index (χ0v) is 23.1. The molecule has 218 valence electrons. The quantitative estimate of drug-likeness (QED) is 0.271. The molecular weight excluding hydrogens is 538 g/mol. The Bertz CT molecular complexity index is 1240. The highest BCUT2D eigenvalue weighted by atomic mass is 32.2. The van der Waals surface area contributed by atoms with E-state index < -0.39 is 40.9 Å². The largest absolute Gasteiger partial charge is 0.443 e. The van der Waals surface area contributed by atoms with E-state index in [2.05, 4.69) is 5.32 Å². The average Bonchev–Trinajstić information content (AvgIpc) is 3.69. The average molecular weight is 576 g/mol. The van der Waals surface area contributed by atoms with Gasteiger partial charge < -0.3 is 30.4 Å². The zero-order chi connectivity index (χ0) is 28.1. The van der Waals surface area contributed by atoms with E-state index in [1.165, 1.54) is 12.1 Å². The molecular formula is C28H37N3O8S. The van der Waals surface area contributed by atoms with Gasteiger partial charge in [-0.2, -0.15) is 0 Å². The monoisotopic (exact) mass is 575 g/mol. The number of amides is 1. The number of nitrogens with one attached hydrogen (secondary N) is 1. The third kappa shape index (κ3) is 6.93. The van der Waals surface area contributed by atoms with Crippen molar-refractivity contribution < 1.29 is 37.4 Å². The van der Waals surface area contributed by atoms with Crippen LogP contribution in [0.15, 0.2) is 59.5 Å². The molecule has 4 N–H and O–H groups in total. The van der Waals surface area contributed by atoms with E-state index in [0.29, 0.717) is 25.1 Å². The second kappa shape index (κ2) is 12.8. The second-order valence-electron chi connectivity index (χ2n) is 10.6. The van der Waals surface area contributed by atoms with Gasteiger partial charge in [-0.3, -0.25) is 4.84 Å². The molecule has 1 aliphatic carbocycles. The number of alkyl carbamates (subject to hydrolysis) is 1. The van der Waals surface area contributed by atoms with Crippen LogP contribution in [-0.4, -0.2) is 74.5 Å². The van der Waals surface area contributed by atoms with Crippen LogP contribution in [0.1, 0.15) is 37.7 Å². The number of nitrogens with zero attached hydrogens (tertiary/aromatic N) is 1. The SMILES string of the molecule is Nc1cccc(S(=O)(=O)N(C[C@H](O)C(Cc2ccccc2)NC(=O)O[C@H]2CO[C@H]3OCC[C@H]32)OC2CCCC2)c1. The Labute approximate surface area is 234 Å². The maximum Gasteiger partial charge on any atom is 0.407 e. The minimum atomic E-state index is -4.17. The van der Waals surface area contributed by atoms with Crippen molar-refractivity contribution in [2.45, 2.75) is 74.1 Å². The van der Waals surface area contributed by atoms with Crippen LogP contribution in [0.5, 0.6) is 0 Å². The summed E-state index contributed by atoms with van der Waals surface area (Å²) in [4.78, 5) is 18.9. The summed E-state index contributed by atoms with van der Waals surface area (Å²) in [6.07, 6.45) is 1.08. The molecule has 0 spiro atoms. The highest BCUT2D eigenvalue weighted by molar-refractivity contribution is 7.89. The summed E-state index contributed by atoms with van der Waals surface area (Å²) in [5.41, 5.74) is 7.00. The Kier molecular flexibility index (Phi) is 9.24. The lowest BCUT2D eigenvalue weighted by molar-refractivity contribution is -0.145. The third-order valence-corrected chi connectivity index (χ3v) is 9.26. The van der Waals surface area contributed by atoms with E-state index in [9.17, 15) is 18.3 Å². The van der Waals surface area contributed by atoms with Crippen molar-refractivity contribution >= 4 is 21.8 Å². The van der Waals surface area contributed by atoms with Gasteiger partial charge in [-0.1, -0.05) is 53.7 Å². The first-order chi connectivity index (χ1) is 19.3. The number of aliphatic hydroxyl groups is 1. The molecule has 0 radical (unpaired) electrons. The van der Waals surface area contributed by atoms with Crippen molar-refractivity contribution in [3.8, 4) is 0 Å². The molecule has 2 aromatic rings.